The fraction of sp³-hybridized carbons (Fsp3) is 0.688. The molecular formula is C16H25N3O2. The number of aromatic nitrogens is 2. The van der Waals surface area contributed by atoms with Crippen LogP contribution in [0.2, 0.25) is 0 Å². The van der Waals surface area contributed by atoms with E-state index in [4.69, 9.17) is 0 Å². The Kier molecular flexibility index (Phi) is 4.80. The van der Waals surface area contributed by atoms with Crippen LogP contribution in [0.1, 0.15) is 54.7 Å². The maximum absolute atomic E-state index is 11.6. The summed E-state index contributed by atoms with van der Waals surface area (Å²) in [6, 6.07) is 0. The first-order valence-electron chi connectivity index (χ1n) is 7.74. The zero-order valence-corrected chi connectivity index (χ0v) is 13.4. The number of hydrogen-bond donors (Lipinski definition) is 1. The number of nitrogens with zero attached hydrogens (tertiary/aromatic N) is 3. The predicted octanol–water partition coefficient (Wildman–Crippen LogP) is 3.05. The van der Waals surface area contributed by atoms with Crippen LogP contribution in [0.4, 0.5) is 5.82 Å². The Morgan fingerprint density at radius 2 is 1.95 bits per heavy atom. The van der Waals surface area contributed by atoms with E-state index in [-0.39, 0.29) is 0 Å². The van der Waals surface area contributed by atoms with Crippen molar-refractivity contribution in [1.82, 2.24) is 10.2 Å². The van der Waals surface area contributed by atoms with Gasteiger partial charge in [0.15, 0.2) is 5.82 Å². The number of aromatic carboxylic acids is 1. The minimum absolute atomic E-state index is 0.311. The highest BCUT2D eigenvalue weighted by Gasteiger charge is 2.25. The number of anilines is 1. The van der Waals surface area contributed by atoms with E-state index >= 15 is 0 Å². The molecule has 1 atom stereocenters. The molecule has 1 aliphatic rings. The van der Waals surface area contributed by atoms with Crippen LogP contribution >= 0.6 is 0 Å². The SMILES string of the molecule is Cc1nnc(N2CCCC(C(C)C)CC2)c(C(=O)O)c1C. The Morgan fingerprint density at radius 1 is 1.24 bits per heavy atom. The van der Waals surface area contributed by atoms with E-state index in [0.717, 1.165) is 31.5 Å². The molecule has 1 aliphatic heterocycles. The largest absolute Gasteiger partial charge is 0.478 e. The van der Waals surface area contributed by atoms with Gasteiger partial charge in [-0.05, 0) is 50.5 Å². The van der Waals surface area contributed by atoms with Gasteiger partial charge >= 0.3 is 5.97 Å². The van der Waals surface area contributed by atoms with E-state index in [9.17, 15) is 9.90 Å². The van der Waals surface area contributed by atoms with E-state index in [1.54, 1.807) is 6.92 Å². The van der Waals surface area contributed by atoms with E-state index in [1.165, 1.54) is 6.42 Å². The Hall–Kier alpha value is -1.65. The summed E-state index contributed by atoms with van der Waals surface area (Å²) in [7, 11) is 0. The molecular weight excluding hydrogens is 266 g/mol. The highest BCUT2D eigenvalue weighted by atomic mass is 16.4. The average molecular weight is 291 g/mol. The van der Waals surface area contributed by atoms with Crippen molar-refractivity contribution in [2.75, 3.05) is 18.0 Å². The molecule has 0 aliphatic carbocycles. The molecule has 5 heteroatoms. The van der Waals surface area contributed by atoms with Gasteiger partial charge in [0.05, 0.1) is 5.69 Å². The zero-order valence-electron chi connectivity index (χ0n) is 13.4. The van der Waals surface area contributed by atoms with Crippen LogP contribution < -0.4 is 4.90 Å². The summed E-state index contributed by atoms with van der Waals surface area (Å²) < 4.78 is 0. The maximum atomic E-state index is 11.6. The summed E-state index contributed by atoms with van der Waals surface area (Å²) in [4.78, 5) is 13.7. The van der Waals surface area contributed by atoms with Crippen molar-refractivity contribution in [3.8, 4) is 0 Å². The molecule has 1 aromatic heterocycles. The second-order valence-corrected chi connectivity index (χ2v) is 6.34. The monoisotopic (exact) mass is 291 g/mol. The van der Waals surface area contributed by atoms with E-state index < -0.39 is 5.97 Å². The second-order valence-electron chi connectivity index (χ2n) is 6.34. The minimum atomic E-state index is -0.912. The third-order valence-corrected chi connectivity index (χ3v) is 4.66. The van der Waals surface area contributed by atoms with Crippen LogP contribution in [-0.4, -0.2) is 34.4 Å². The van der Waals surface area contributed by atoms with Gasteiger partial charge in [-0.3, -0.25) is 0 Å². The number of carbonyl (C=O) groups is 1. The highest BCUT2D eigenvalue weighted by molar-refractivity contribution is 5.95. The van der Waals surface area contributed by atoms with Crippen molar-refractivity contribution in [2.24, 2.45) is 11.8 Å². The molecule has 0 amide bonds. The molecule has 0 radical (unpaired) electrons. The van der Waals surface area contributed by atoms with Gasteiger partial charge in [-0.25, -0.2) is 4.79 Å². The molecule has 1 saturated heterocycles. The number of rotatable bonds is 3. The molecule has 1 unspecified atom stereocenters. The number of carboxylic acids is 1. The van der Waals surface area contributed by atoms with Crippen LogP contribution in [-0.2, 0) is 0 Å². The number of carboxylic acid groups (broad SMARTS) is 1. The van der Waals surface area contributed by atoms with Crippen LogP contribution in [0.5, 0.6) is 0 Å². The quantitative estimate of drug-likeness (QED) is 0.927. The standard InChI is InChI=1S/C16H25N3O2/c1-10(2)13-6-5-8-19(9-7-13)15-14(16(20)21)11(3)12(4)17-18-15/h10,13H,5-9H2,1-4H3,(H,20,21). The van der Waals surface area contributed by atoms with Gasteiger partial charge in [-0.2, -0.15) is 5.10 Å². The van der Waals surface area contributed by atoms with Crippen molar-refractivity contribution in [3.63, 3.8) is 0 Å². The Morgan fingerprint density at radius 3 is 2.57 bits per heavy atom. The van der Waals surface area contributed by atoms with E-state index in [2.05, 4.69) is 28.9 Å². The molecule has 5 nitrogen and oxygen atoms in total. The number of hydrogen-bond acceptors (Lipinski definition) is 4. The molecule has 0 spiro atoms. The first-order valence-corrected chi connectivity index (χ1v) is 7.74. The first-order chi connectivity index (χ1) is 9.91. The van der Waals surface area contributed by atoms with Crippen LogP contribution in [0, 0.1) is 25.7 Å². The summed E-state index contributed by atoms with van der Waals surface area (Å²) in [5.74, 6) is 1.01. The number of aryl methyl sites for hydroxylation is 1. The van der Waals surface area contributed by atoms with Crippen molar-refractivity contribution in [2.45, 2.75) is 47.0 Å². The Bertz CT molecular complexity index is 528. The molecule has 0 bridgehead atoms. The summed E-state index contributed by atoms with van der Waals surface area (Å²) in [6.07, 6.45) is 3.37. The molecule has 1 fully saturated rings. The van der Waals surface area contributed by atoms with Crippen LogP contribution in [0.3, 0.4) is 0 Å². The molecule has 2 rings (SSSR count). The van der Waals surface area contributed by atoms with Crippen molar-refractivity contribution in [1.29, 1.82) is 0 Å². The van der Waals surface area contributed by atoms with Crippen molar-refractivity contribution >= 4 is 11.8 Å². The van der Waals surface area contributed by atoms with Gasteiger partial charge < -0.3 is 10.0 Å². The molecule has 0 aromatic carbocycles. The van der Waals surface area contributed by atoms with Gasteiger partial charge in [0.2, 0.25) is 0 Å². The maximum Gasteiger partial charge on any atom is 0.339 e. The van der Waals surface area contributed by atoms with Gasteiger partial charge in [0.1, 0.15) is 5.56 Å². The van der Waals surface area contributed by atoms with Gasteiger partial charge in [-0.1, -0.05) is 13.8 Å². The fourth-order valence-corrected chi connectivity index (χ4v) is 3.07. The molecule has 2 heterocycles. The second kappa shape index (κ2) is 6.41. The Balaban J connectivity index is 2.30. The highest BCUT2D eigenvalue weighted by Crippen LogP contribution is 2.29. The lowest BCUT2D eigenvalue weighted by atomic mass is 9.89. The average Bonchev–Trinajstić information content (AvgIpc) is 2.67. The molecule has 116 valence electrons. The fourth-order valence-electron chi connectivity index (χ4n) is 3.07. The molecule has 0 saturated carbocycles. The predicted molar refractivity (Wildman–Crippen MR) is 82.9 cm³/mol. The summed E-state index contributed by atoms with van der Waals surface area (Å²) >= 11 is 0. The van der Waals surface area contributed by atoms with Gasteiger partial charge in [0.25, 0.3) is 0 Å². The lowest BCUT2D eigenvalue weighted by Crippen LogP contribution is -2.28. The lowest BCUT2D eigenvalue weighted by molar-refractivity contribution is 0.0696. The third-order valence-electron chi connectivity index (χ3n) is 4.66. The van der Waals surface area contributed by atoms with E-state index in [0.29, 0.717) is 28.9 Å². The summed E-state index contributed by atoms with van der Waals surface area (Å²) in [5.41, 5.74) is 1.72. The first kappa shape index (κ1) is 15.7. The normalized spacial score (nSPS) is 19.7. The van der Waals surface area contributed by atoms with Crippen LogP contribution in [0.25, 0.3) is 0 Å². The molecule has 1 aromatic rings. The minimum Gasteiger partial charge on any atom is -0.478 e. The van der Waals surface area contributed by atoms with Gasteiger partial charge in [0, 0.05) is 13.1 Å². The van der Waals surface area contributed by atoms with E-state index in [1.807, 2.05) is 6.92 Å². The zero-order chi connectivity index (χ0) is 15.6. The summed E-state index contributed by atoms with van der Waals surface area (Å²) in [5, 5.41) is 17.8. The third kappa shape index (κ3) is 3.34. The Labute approximate surface area is 126 Å². The van der Waals surface area contributed by atoms with Crippen molar-refractivity contribution in [3.05, 3.63) is 16.8 Å². The lowest BCUT2D eigenvalue weighted by Gasteiger charge is -2.24. The molecule has 21 heavy (non-hydrogen) atoms. The summed E-state index contributed by atoms with van der Waals surface area (Å²) in [6.45, 7) is 9.86. The molecule has 1 N–H and O–H groups in total. The topological polar surface area (TPSA) is 66.3 Å². The van der Waals surface area contributed by atoms with Gasteiger partial charge in [-0.15, -0.1) is 5.10 Å². The smallest absolute Gasteiger partial charge is 0.339 e. The van der Waals surface area contributed by atoms with Crippen molar-refractivity contribution < 1.29 is 9.90 Å². The van der Waals surface area contributed by atoms with Crippen LogP contribution in [0.15, 0.2) is 0 Å².